The summed E-state index contributed by atoms with van der Waals surface area (Å²) < 4.78 is 10.9. The van der Waals surface area contributed by atoms with E-state index in [0.717, 1.165) is 29.5 Å². The Hall–Kier alpha value is -1.98. The number of ether oxygens (including phenoxy) is 2. The maximum absolute atomic E-state index is 11.3. The van der Waals surface area contributed by atoms with Crippen molar-refractivity contribution < 1.29 is 14.3 Å². The van der Waals surface area contributed by atoms with E-state index in [9.17, 15) is 4.79 Å². The maximum Gasteiger partial charge on any atom is 0.152 e. The van der Waals surface area contributed by atoms with E-state index >= 15 is 0 Å². The first-order valence-corrected chi connectivity index (χ1v) is 6.45. The predicted molar refractivity (Wildman–Crippen MR) is 75.0 cm³/mol. The number of hydrogen-bond acceptors (Lipinski definition) is 5. The second-order valence-electron chi connectivity index (χ2n) is 4.96. The fourth-order valence-corrected chi connectivity index (χ4v) is 2.44. The largest absolute Gasteiger partial charge is 0.497 e. The Balaban J connectivity index is 2.10. The van der Waals surface area contributed by atoms with Crippen molar-refractivity contribution in [1.29, 1.82) is 0 Å². The molecule has 1 aromatic heterocycles. The van der Waals surface area contributed by atoms with Crippen molar-refractivity contribution in [3.05, 3.63) is 35.5 Å². The van der Waals surface area contributed by atoms with Crippen LogP contribution in [-0.2, 0) is 4.74 Å². The van der Waals surface area contributed by atoms with Crippen molar-refractivity contribution >= 4 is 17.2 Å². The summed E-state index contributed by atoms with van der Waals surface area (Å²) >= 11 is 0. The molecule has 5 nitrogen and oxygen atoms in total. The summed E-state index contributed by atoms with van der Waals surface area (Å²) in [6.07, 6.45) is 0.690. The van der Waals surface area contributed by atoms with Crippen LogP contribution in [0.15, 0.2) is 24.3 Å². The Morgan fingerprint density at radius 3 is 2.95 bits per heavy atom. The second kappa shape index (κ2) is 5.19. The van der Waals surface area contributed by atoms with Gasteiger partial charge in [0.25, 0.3) is 0 Å². The molecule has 0 amide bonds. The van der Waals surface area contributed by atoms with Crippen molar-refractivity contribution in [2.75, 3.05) is 27.4 Å². The normalized spacial score (nSPS) is 19.4. The number of rotatable bonds is 3. The van der Waals surface area contributed by atoms with E-state index in [0.29, 0.717) is 18.0 Å². The van der Waals surface area contributed by atoms with E-state index in [4.69, 9.17) is 9.47 Å². The number of hydrogen-bond donors (Lipinski definition) is 0. The fraction of sp³-hybridized carbons (Fsp3) is 0.333. The Labute approximate surface area is 117 Å². The van der Waals surface area contributed by atoms with Crippen LogP contribution in [0.3, 0.4) is 0 Å². The van der Waals surface area contributed by atoms with Crippen molar-refractivity contribution in [1.82, 2.24) is 9.88 Å². The molecule has 0 bridgehead atoms. The van der Waals surface area contributed by atoms with Gasteiger partial charge in [-0.2, -0.15) is 0 Å². The van der Waals surface area contributed by atoms with Gasteiger partial charge in [-0.15, -0.1) is 0 Å². The van der Waals surface area contributed by atoms with Gasteiger partial charge in [-0.25, -0.2) is 4.98 Å². The van der Waals surface area contributed by atoms with E-state index in [2.05, 4.69) is 9.88 Å². The molecule has 2 aromatic rings. The number of pyridine rings is 1. The lowest BCUT2D eigenvalue weighted by atomic mass is 10.1. The van der Waals surface area contributed by atoms with Gasteiger partial charge in [-0.3, -0.25) is 9.69 Å². The molecule has 104 valence electrons. The summed E-state index contributed by atoms with van der Waals surface area (Å²) in [5.74, 6) is 0.751. The highest BCUT2D eigenvalue weighted by Gasteiger charge is 2.25. The minimum atomic E-state index is -0.147. The maximum atomic E-state index is 11.3. The molecular formula is C15H16N2O3. The standard InChI is InChI=1S/C15H16N2O3/c1-17-7-14(20-9-17)15-11(8-18)5-10-6-12(19-2)3-4-13(10)16-15/h3-6,8,14H,7,9H2,1-2H3. The van der Waals surface area contributed by atoms with Gasteiger partial charge < -0.3 is 9.47 Å². The van der Waals surface area contributed by atoms with Crippen LogP contribution >= 0.6 is 0 Å². The van der Waals surface area contributed by atoms with Gasteiger partial charge in [0.1, 0.15) is 11.9 Å². The van der Waals surface area contributed by atoms with Crippen LogP contribution in [0.25, 0.3) is 10.9 Å². The minimum absolute atomic E-state index is 0.147. The summed E-state index contributed by atoms with van der Waals surface area (Å²) in [6.45, 7) is 1.31. The van der Waals surface area contributed by atoms with E-state index < -0.39 is 0 Å². The van der Waals surface area contributed by atoms with Crippen LogP contribution in [0.1, 0.15) is 22.2 Å². The lowest BCUT2D eigenvalue weighted by Crippen LogP contribution is -2.14. The van der Waals surface area contributed by atoms with Gasteiger partial charge in [0.2, 0.25) is 0 Å². The van der Waals surface area contributed by atoms with Crippen LogP contribution in [0.4, 0.5) is 0 Å². The molecule has 1 aliphatic heterocycles. The van der Waals surface area contributed by atoms with Gasteiger partial charge >= 0.3 is 0 Å². The predicted octanol–water partition coefficient (Wildman–Crippen LogP) is 2.02. The number of carbonyl (C=O) groups is 1. The Kier molecular flexibility index (Phi) is 3.38. The molecule has 0 radical (unpaired) electrons. The summed E-state index contributed by atoms with van der Waals surface area (Å²) in [5, 5.41) is 0.890. The average Bonchev–Trinajstić information content (AvgIpc) is 2.91. The number of aldehydes is 1. The molecule has 0 saturated carbocycles. The Morgan fingerprint density at radius 1 is 1.45 bits per heavy atom. The lowest BCUT2D eigenvalue weighted by molar-refractivity contribution is 0.0917. The number of nitrogens with zero attached hydrogens (tertiary/aromatic N) is 2. The Morgan fingerprint density at radius 2 is 2.30 bits per heavy atom. The summed E-state index contributed by atoms with van der Waals surface area (Å²) in [7, 11) is 3.60. The highest BCUT2D eigenvalue weighted by Crippen LogP contribution is 2.28. The van der Waals surface area contributed by atoms with E-state index in [1.54, 1.807) is 7.11 Å². The van der Waals surface area contributed by atoms with E-state index in [1.807, 2.05) is 31.3 Å². The molecule has 5 heteroatoms. The molecule has 2 heterocycles. The molecular weight excluding hydrogens is 256 g/mol. The van der Waals surface area contributed by atoms with Crippen molar-refractivity contribution in [3.63, 3.8) is 0 Å². The third kappa shape index (κ3) is 2.26. The second-order valence-corrected chi connectivity index (χ2v) is 4.96. The third-order valence-electron chi connectivity index (χ3n) is 3.49. The molecule has 0 spiro atoms. The van der Waals surface area contributed by atoms with Crippen molar-refractivity contribution in [3.8, 4) is 5.75 Å². The smallest absolute Gasteiger partial charge is 0.152 e. The number of benzene rings is 1. The number of fused-ring (bicyclic) bond motifs is 1. The fourth-order valence-electron chi connectivity index (χ4n) is 2.44. The first-order chi connectivity index (χ1) is 9.71. The average molecular weight is 272 g/mol. The minimum Gasteiger partial charge on any atom is -0.497 e. The third-order valence-corrected chi connectivity index (χ3v) is 3.49. The van der Waals surface area contributed by atoms with Gasteiger partial charge in [-0.1, -0.05) is 0 Å². The van der Waals surface area contributed by atoms with Gasteiger partial charge in [0.15, 0.2) is 6.29 Å². The van der Waals surface area contributed by atoms with Crippen LogP contribution < -0.4 is 4.74 Å². The number of aromatic nitrogens is 1. The monoisotopic (exact) mass is 272 g/mol. The molecule has 1 atom stereocenters. The SMILES string of the molecule is COc1ccc2nc(C3CN(C)CO3)c(C=O)cc2c1. The zero-order chi connectivity index (χ0) is 14.1. The molecule has 1 aliphatic rings. The van der Waals surface area contributed by atoms with Crippen LogP contribution in [0.2, 0.25) is 0 Å². The van der Waals surface area contributed by atoms with E-state index in [1.165, 1.54) is 0 Å². The topological polar surface area (TPSA) is 51.7 Å². The molecule has 0 aliphatic carbocycles. The molecule has 1 unspecified atom stereocenters. The molecule has 0 N–H and O–H groups in total. The highest BCUT2D eigenvalue weighted by atomic mass is 16.5. The first-order valence-electron chi connectivity index (χ1n) is 6.45. The molecule has 3 rings (SSSR count). The zero-order valence-electron chi connectivity index (χ0n) is 11.5. The van der Waals surface area contributed by atoms with Gasteiger partial charge in [-0.05, 0) is 31.3 Å². The van der Waals surface area contributed by atoms with Crippen molar-refractivity contribution in [2.24, 2.45) is 0 Å². The van der Waals surface area contributed by atoms with Crippen LogP contribution in [0.5, 0.6) is 5.75 Å². The number of likely N-dealkylation sites (N-methyl/N-ethyl adjacent to an activating group) is 1. The number of carbonyl (C=O) groups excluding carboxylic acids is 1. The molecule has 1 aromatic carbocycles. The quantitative estimate of drug-likeness (QED) is 0.800. The summed E-state index contributed by atoms with van der Waals surface area (Å²) in [6, 6.07) is 7.47. The molecule has 1 saturated heterocycles. The lowest BCUT2D eigenvalue weighted by Gasteiger charge is -2.12. The summed E-state index contributed by atoms with van der Waals surface area (Å²) in [5.41, 5.74) is 2.12. The first kappa shape index (κ1) is 13.0. The van der Waals surface area contributed by atoms with Gasteiger partial charge in [0.05, 0.1) is 25.1 Å². The van der Waals surface area contributed by atoms with Crippen LogP contribution in [0, 0.1) is 0 Å². The Bertz CT molecular complexity index is 657. The number of methoxy groups -OCH3 is 1. The summed E-state index contributed by atoms with van der Waals surface area (Å²) in [4.78, 5) is 18.0. The van der Waals surface area contributed by atoms with Gasteiger partial charge in [0, 0.05) is 17.5 Å². The molecule has 1 fully saturated rings. The van der Waals surface area contributed by atoms with Crippen molar-refractivity contribution in [2.45, 2.75) is 6.10 Å². The van der Waals surface area contributed by atoms with Crippen LogP contribution in [-0.4, -0.2) is 43.6 Å². The zero-order valence-corrected chi connectivity index (χ0v) is 11.5. The highest BCUT2D eigenvalue weighted by molar-refractivity contribution is 5.88. The molecule has 20 heavy (non-hydrogen) atoms. The van der Waals surface area contributed by atoms with E-state index in [-0.39, 0.29) is 6.10 Å².